The number of ether oxygens (including phenoxy) is 2. The molecule has 1 aromatic rings. The number of hydrogen-bond acceptors (Lipinski definition) is 6. The molecule has 0 saturated carbocycles. The van der Waals surface area contributed by atoms with E-state index in [2.05, 4.69) is 11.1 Å². The molecule has 1 unspecified atom stereocenters. The maximum Gasteiger partial charge on any atom is 0.330 e. The van der Waals surface area contributed by atoms with Crippen molar-refractivity contribution >= 4 is 11.8 Å². The fourth-order valence-electron chi connectivity index (χ4n) is 1.85. The van der Waals surface area contributed by atoms with Crippen molar-refractivity contribution in [1.82, 2.24) is 4.98 Å². The van der Waals surface area contributed by atoms with Crippen molar-refractivity contribution < 1.29 is 14.3 Å². The number of carbonyl (C=O) groups is 1. The Kier molecular flexibility index (Phi) is 3.75. The number of pyridine rings is 1. The van der Waals surface area contributed by atoms with Crippen molar-refractivity contribution in [3.05, 3.63) is 23.9 Å². The van der Waals surface area contributed by atoms with Crippen LogP contribution in [0.2, 0.25) is 0 Å². The molecule has 1 atom stereocenters. The molecule has 0 radical (unpaired) electrons. The summed E-state index contributed by atoms with van der Waals surface area (Å²) in [5, 5.41) is 8.87. The highest BCUT2D eigenvalue weighted by Gasteiger charge is 2.31. The van der Waals surface area contributed by atoms with Crippen LogP contribution >= 0.6 is 0 Å². The van der Waals surface area contributed by atoms with E-state index in [0.717, 1.165) is 0 Å². The van der Waals surface area contributed by atoms with Gasteiger partial charge in [-0.25, -0.2) is 9.78 Å². The summed E-state index contributed by atoms with van der Waals surface area (Å²) < 4.78 is 10.0. The minimum atomic E-state index is -0.509. The Morgan fingerprint density at radius 3 is 3.28 bits per heavy atom. The summed E-state index contributed by atoms with van der Waals surface area (Å²) in [5.74, 6) is 0.228. The van der Waals surface area contributed by atoms with E-state index in [1.807, 2.05) is 0 Å². The van der Waals surface area contributed by atoms with Gasteiger partial charge in [0.2, 0.25) is 0 Å². The number of methoxy groups -OCH3 is 1. The molecule has 1 aliphatic rings. The first-order valence-corrected chi connectivity index (χ1v) is 5.54. The SMILES string of the molecule is COC(=O)C1COCCN1c1cc(C#N)ccn1. The zero-order valence-corrected chi connectivity index (χ0v) is 10.00. The average molecular weight is 247 g/mol. The summed E-state index contributed by atoms with van der Waals surface area (Å²) in [6.45, 7) is 1.33. The fourth-order valence-corrected chi connectivity index (χ4v) is 1.85. The van der Waals surface area contributed by atoms with Crippen molar-refractivity contribution in [2.24, 2.45) is 0 Å². The van der Waals surface area contributed by atoms with Gasteiger partial charge in [0, 0.05) is 12.7 Å². The molecule has 1 saturated heterocycles. The predicted octanol–water partition coefficient (Wildman–Crippen LogP) is 0.331. The summed E-state index contributed by atoms with van der Waals surface area (Å²) in [4.78, 5) is 17.7. The molecule has 18 heavy (non-hydrogen) atoms. The van der Waals surface area contributed by atoms with Crippen LogP contribution in [-0.4, -0.2) is 43.9 Å². The van der Waals surface area contributed by atoms with Gasteiger partial charge < -0.3 is 14.4 Å². The molecule has 2 heterocycles. The van der Waals surface area contributed by atoms with Crippen LogP contribution in [0, 0.1) is 11.3 Å². The van der Waals surface area contributed by atoms with Crippen LogP contribution in [-0.2, 0) is 14.3 Å². The van der Waals surface area contributed by atoms with E-state index in [0.29, 0.717) is 24.5 Å². The molecule has 0 bridgehead atoms. The molecule has 6 heteroatoms. The third-order valence-corrected chi connectivity index (χ3v) is 2.77. The predicted molar refractivity (Wildman–Crippen MR) is 62.9 cm³/mol. The van der Waals surface area contributed by atoms with Gasteiger partial charge in [-0.2, -0.15) is 5.26 Å². The Labute approximate surface area is 105 Å². The Hall–Kier alpha value is -2.13. The highest BCUT2D eigenvalue weighted by Crippen LogP contribution is 2.18. The van der Waals surface area contributed by atoms with Gasteiger partial charge in [0.1, 0.15) is 5.82 Å². The number of nitriles is 1. The minimum Gasteiger partial charge on any atom is -0.467 e. The Balaban J connectivity index is 2.28. The lowest BCUT2D eigenvalue weighted by molar-refractivity contribution is -0.144. The highest BCUT2D eigenvalue weighted by atomic mass is 16.5. The van der Waals surface area contributed by atoms with Crippen LogP contribution in [0.4, 0.5) is 5.82 Å². The lowest BCUT2D eigenvalue weighted by Crippen LogP contribution is -2.51. The molecule has 1 aliphatic heterocycles. The molecule has 0 amide bonds. The second kappa shape index (κ2) is 5.47. The van der Waals surface area contributed by atoms with E-state index < -0.39 is 6.04 Å². The molecule has 1 fully saturated rings. The summed E-state index contributed by atoms with van der Waals surface area (Å²) in [5.41, 5.74) is 0.509. The molecule has 0 N–H and O–H groups in total. The smallest absolute Gasteiger partial charge is 0.330 e. The number of rotatable bonds is 2. The fraction of sp³-hybridized carbons (Fsp3) is 0.417. The van der Waals surface area contributed by atoms with Crippen molar-refractivity contribution in [2.75, 3.05) is 31.8 Å². The van der Waals surface area contributed by atoms with Crippen molar-refractivity contribution in [3.63, 3.8) is 0 Å². The standard InChI is InChI=1S/C12H13N3O3/c1-17-12(16)10-8-18-5-4-15(10)11-6-9(7-13)2-3-14-11/h2-3,6,10H,4-5,8H2,1H3. The summed E-state index contributed by atoms with van der Waals surface area (Å²) in [7, 11) is 1.34. The van der Waals surface area contributed by atoms with Gasteiger partial charge in [0.05, 0.1) is 32.0 Å². The van der Waals surface area contributed by atoms with Crippen LogP contribution in [0.1, 0.15) is 5.56 Å². The molecule has 6 nitrogen and oxygen atoms in total. The van der Waals surface area contributed by atoms with Crippen molar-refractivity contribution in [1.29, 1.82) is 5.26 Å². The van der Waals surface area contributed by atoms with Crippen LogP contribution in [0.5, 0.6) is 0 Å². The summed E-state index contributed by atoms with van der Waals surface area (Å²) >= 11 is 0. The Morgan fingerprint density at radius 1 is 1.72 bits per heavy atom. The van der Waals surface area contributed by atoms with Gasteiger partial charge in [0.25, 0.3) is 0 Å². The van der Waals surface area contributed by atoms with Gasteiger partial charge in [-0.1, -0.05) is 0 Å². The van der Waals surface area contributed by atoms with Gasteiger partial charge >= 0.3 is 5.97 Å². The Bertz CT molecular complexity index is 484. The first kappa shape index (κ1) is 12.3. The lowest BCUT2D eigenvalue weighted by atomic mass is 10.2. The van der Waals surface area contributed by atoms with Crippen molar-refractivity contribution in [2.45, 2.75) is 6.04 Å². The van der Waals surface area contributed by atoms with Crippen molar-refractivity contribution in [3.8, 4) is 6.07 Å². The Morgan fingerprint density at radius 2 is 2.56 bits per heavy atom. The quantitative estimate of drug-likeness (QED) is 0.701. The van der Waals surface area contributed by atoms with E-state index in [1.165, 1.54) is 7.11 Å². The largest absolute Gasteiger partial charge is 0.467 e. The van der Waals surface area contributed by atoms with E-state index >= 15 is 0 Å². The summed E-state index contributed by atoms with van der Waals surface area (Å²) in [6.07, 6.45) is 1.55. The molecule has 0 aromatic carbocycles. The van der Waals surface area contributed by atoms with Gasteiger partial charge in [-0.15, -0.1) is 0 Å². The average Bonchev–Trinajstić information content (AvgIpc) is 2.46. The maximum absolute atomic E-state index is 11.7. The highest BCUT2D eigenvalue weighted by molar-refractivity contribution is 5.80. The molecule has 0 spiro atoms. The van der Waals surface area contributed by atoms with Gasteiger partial charge in [-0.05, 0) is 12.1 Å². The number of nitrogens with zero attached hydrogens (tertiary/aromatic N) is 3. The first-order valence-electron chi connectivity index (χ1n) is 5.54. The van der Waals surface area contributed by atoms with E-state index in [4.69, 9.17) is 14.7 Å². The second-order valence-electron chi connectivity index (χ2n) is 3.82. The van der Waals surface area contributed by atoms with E-state index in [1.54, 1.807) is 23.2 Å². The normalized spacial score (nSPS) is 19.1. The number of carbonyl (C=O) groups excluding carboxylic acids is 1. The number of hydrogen-bond donors (Lipinski definition) is 0. The second-order valence-corrected chi connectivity index (χ2v) is 3.82. The molecule has 0 aliphatic carbocycles. The maximum atomic E-state index is 11.7. The van der Waals surface area contributed by atoms with Crippen LogP contribution in [0.3, 0.4) is 0 Å². The molecular weight excluding hydrogens is 234 g/mol. The number of aromatic nitrogens is 1. The monoisotopic (exact) mass is 247 g/mol. The molecule has 2 rings (SSSR count). The number of esters is 1. The third-order valence-electron chi connectivity index (χ3n) is 2.77. The number of morpholine rings is 1. The van der Waals surface area contributed by atoms with Gasteiger partial charge in [0.15, 0.2) is 6.04 Å². The van der Waals surface area contributed by atoms with E-state index in [-0.39, 0.29) is 12.6 Å². The molecule has 94 valence electrons. The number of anilines is 1. The zero-order valence-electron chi connectivity index (χ0n) is 10.00. The third kappa shape index (κ3) is 2.41. The van der Waals surface area contributed by atoms with Crippen LogP contribution in [0.25, 0.3) is 0 Å². The van der Waals surface area contributed by atoms with Crippen LogP contribution in [0.15, 0.2) is 18.3 Å². The van der Waals surface area contributed by atoms with Gasteiger partial charge in [-0.3, -0.25) is 0 Å². The minimum absolute atomic E-state index is 0.269. The van der Waals surface area contributed by atoms with E-state index in [9.17, 15) is 4.79 Å². The summed E-state index contributed by atoms with van der Waals surface area (Å²) in [6, 6.07) is 4.82. The zero-order chi connectivity index (χ0) is 13.0. The molecular formula is C12H13N3O3. The molecule has 1 aromatic heterocycles. The topological polar surface area (TPSA) is 75.5 Å². The first-order chi connectivity index (χ1) is 8.76. The van der Waals surface area contributed by atoms with Crippen LogP contribution < -0.4 is 4.90 Å². The lowest BCUT2D eigenvalue weighted by Gasteiger charge is -2.34.